The fourth-order valence-electron chi connectivity index (χ4n) is 1.36. The summed E-state index contributed by atoms with van der Waals surface area (Å²) in [6.07, 6.45) is 2.27. The Hall–Kier alpha value is -1.09. The molecule has 0 saturated heterocycles. The zero-order valence-electron chi connectivity index (χ0n) is 9.50. The molecule has 0 bridgehead atoms. The Morgan fingerprint density at radius 2 is 2.25 bits per heavy atom. The van der Waals surface area contributed by atoms with E-state index in [2.05, 4.69) is 10.3 Å². The fraction of sp³-hybridized carbons (Fsp3) is 0.500. The third-order valence-electron chi connectivity index (χ3n) is 2.20. The second-order valence-corrected chi connectivity index (χ2v) is 4.07. The van der Waals surface area contributed by atoms with Crippen LogP contribution in [0.3, 0.4) is 0 Å². The molecule has 0 aliphatic heterocycles. The van der Waals surface area contributed by atoms with Crippen molar-refractivity contribution >= 4 is 17.5 Å². The number of amides is 1. The molecule has 0 aromatic carbocycles. The molecular formula is C12H17ClN2O. The molecule has 0 radical (unpaired) electrons. The SMILES string of the molecule is Cc1cccc(CNC(=O)CCCCCl)n1. The predicted molar refractivity (Wildman–Crippen MR) is 65.4 cm³/mol. The molecule has 0 aliphatic carbocycles. The van der Waals surface area contributed by atoms with Gasteiger partial charge in [0.1, 0.15) is 0 Å². The Morgan fingerprint density at radius 3 is 2.94 bits per heavy atom. The molecule has 4 heteroatoms. The number of nitrogens with one attached hydrogen (secondary N) is 1. The van der Waals surface area contributed by atoms with E-state index >= 15 is 0 Å². The van der Waals surface area contributed by atoms with Gasteiger partial charge in [0, 0.05) is 18.0 Å². The third-order valence-corrected chi connectivity index (χ3v) is 2.47. The van der Waals surface area contributed by atoms with Gasteiger partial charge in [-0.1, -0.05) is 6.07 Å². The average molecular weight is 241 g/mol. The summed E-state index contributed by atoms with van der Waals surface area (Å²) in [6, 6.07) is 5.79. The molecule has 3 nitrogen and oxygen atoms in total. The first kappa shape index (κ1) is 13.0. The quantitative estimate of drug-likeness (QED) is 0.613. The van der Waals surface area contributed by atoms with Crippen LogP contribution < -0.4 is 5.32 Å². The maximum absolute atomic E-state index is 11.4. The molecule has 0 aliphatic rings. The smallest absolute Gasteiger partial charge is 0.220 e. The molecule has 0 spiro atoms. The van der Waals surface area contributed by atoms with Gasteiger partial charge in [0.25, 0.3) is 0 Å². The summed E-state index contributed by atoms with van der Waals surface area (Å²) in [5.74, 6) is 0.681. The largest absolute Gasteiger partial charge is 0.350 e. The number of carbonyl (C=O) groups is 1. The van der Waals surface area contributed by atoms with Gasteiger partial charge in [0.2, 0.25) is 5.91 Å². The summed E-state index contributed by atoms with van der Waals surface area (Å²) in [5, 5.41) is 2.84. The summed E-state index contributed by atoms with van der Waals surface area (Å²) in [6.45, 7) is 2.44. The molecule has 1 heterocycles. The predicted octanol–water partition coefficient (Wildman–Crippen LogP) is 2.42. The number of nitrogens with zero attached hydrogens (tertiary/aromatic N) is 1. The number of unbranched alkanes of at least 4 members (excludes halogenated alkanes) is 1. The lowest BCUT2D eigenvalue weighted by molar-refractivity contribution is -0.121. The lowest BCUT2D eigenvalue weighted by Gasteiger charge is -2.04. The Labute approximate surface area is 101 Å². The average Bonchev–Trinajstić information content (AvgIpc) is 2.27. The van der Waals surface area contributed by atoms with Crippen molar-refractivity contribution in [2.24, 2.45) is 0 Å². The van der Waals surface area contributed by atoms with Crippen LogP contribution in [0.25, 0.3) is 0 Å². The Balaban J connectivity index is 2.26. The maximum atomic E-state index is 11.4. The highest BCUT2D eigenvalue weighted by atomic mass is 35.5. The minimum absolute atomic E-state index is 0.0634. The van der Waals surface area contributed by atoms with E-state index in [9.17, 15) is 4.79 Å². The normalized spacial score (nSPS) is 10.1. The molecule has 1 amide bonds. The first-order chi connectivity index (χ1) is 7.72. The monoisotopic (exact) mass is 240 g/mol. The molecule has 1 aromatic rings. The highest BCUT2D eigenvalue weighted by molar-refractivity contribution is 6.17. The van der Waals surface area contributed by atoms with Gasteiger partial charge in [-0.25, -0.2) is 0 Å². The summed E-state index contributed by atoms with van der Waals surface area (Å²) in [7, 11) is 0. The summed E-state index contributed by atoms with van der Waals surface area (Å²) < 4.78 is 0. The topological polar surface area (TPSA) is 42.0 Å². The number of aryl methyl sites for hydroxylation is 1. The van der Waals surface area contributed by atoms with Crippen molar-refractivity contribution in [3.63, 3.8) is 0 Å². The van der Waals surface area contributed by atoms with E-state index in [1.165, 1.54) is 0 Å². The number of alkyl halides is 1. The van der Waals surface area contributed by atoms with Crippen molar-refractivity contribution in [1.82, 2.24) is 10.3 Å². The van der Waals surface area contributed by atoms with Gasteiger partial charge < -0.3 is 5.32 Å². The Bertz CT molecular complexity index is 342. The number of pyridine rings is 1. The van der Waals surface area contributed by atoms with E-state index in [1.807, 2.05) is 25.1 Å². The van der Waals surface area contributed by atoms with Gasteiger partial charge in [0.15, 0.2) is 0 Å². The minimum atomic E-state index is 0.0634. The van der Waals surface area contributed by atoms with Gasteiger partial charge in [0.05, 0.1) is 12.2 Å². The maximum Gasteiger partial charge on any atom is 0.220 e. The highest BCUT2D eigenvalue weighted by Crippen LogP contribution is 1.99. The third kappa shape index (κ3) is 5.12. The van der Waals surface area contributed by atoms with Crippen LogP contribution in [0.15, 0.2) is 18.2 Å². The summed E-state index contributed by atoms with van der Waals surface area (Å²) in [4.78, 5) is 15.7. The summed E-state index contributed by atoms with van der Waals surface area (Å²) >= 11 is 5.53. The van der Waals surface area contributed by atoms with Crippen LogP contribution >= 0.6 is 11.6 Å². The second-order valence-electron chi connectivity index (χ2n) is 3.69. The van der Waals surface area contributed by atoms with E-state index in [4.69, 9.17) is 11.6 Å². The number of carbonyl (C=O) groups excluding carboxylic acids is 1. The van der Waals surface area contributed by atoms with Crippen LogP contribution in [0.5, 0.6) is 0 Å². The van der Waals surface area contributed by atoms with Gasteiger partial charge in [-0.3, -0.25) is 9.78 Å². The molecule has 0 atom stereocenters. The van der Waals surface area contributed by atoms with E-state index < -0.39 is 0 Å². The first-order valence-electron chi connectivity index (χ1n) is 5.47. The first-order valence-corrected chi connectivity index (χ1v) is 6.01. The van der Waals surface area contributed by atoms with Crippen molar-refractivity contribution in [2.75, 3.05) is 5.88 Å². The number of rotatable bonds is 6. The van der Waals surface area contributed by atoms with E-state index in [1.54, 1.807) is 0 Å². The van der Waals surface area contributed by atoms with E-state index in [0.717, 1.165) is 24.2 Å². The van der Waals surface area contributed by atoms with Crippen molar-refractivity contribution in [2.45, 2.75) is 32.7 Å². The molecule has 1 rings (SSSR count). The number of hydrogen-bond acceptors (Lipinski definition) is 2. The number of hydrogen-bond donors (Lipinski definition) is 1. The Kier molecular flexibility index (Phi) is 5.86. The highest BCUT2D eigenvalue weighted by Gasteiger charge is 2.01. The zero-order valence-corrected chi connectivity index (χ0v) is 10.3. The standard InChI is InChI=1S/C12H17ClN2O/c1-10-5-4-6-11(15-10)9-14-12(16)7-2-3-8-13/h4-6H,2-3,7-9H2,1H3,(H,14,16). The van der Waals surface area contributed by atoms with E-state index in [0.29, 0.717) is 18.8 Å². The molecule has 88 valence electrons. The van der Waals surface area contributed by atoms with Crippen LogP contribution in [-0.4, -0.2) is 16.8 Å². The minimum Gasteiger partial charge on any atom is -0.350 e. The number of halogens is 1. The lowest BCUT2D eigenvalue weighted by atomic mass is 10.2. The molecule has 1 N–H and O–H groups in total. The number of aromatic nitrogens is 1. The van der Waals surface area contributed by atoms with Crippen molar-refractivity contribution in [1.29, 1.82) is 0 Å². The van der Waals surface area contributed by atoms with Gasteiger partial charge in [-0.2, -0.15) is 0 Å². The Morgan fingerprint density at radius 1 is 1.44 bits per heavy atom. The van der Waals surface area contributed by atoms with Crippen LogP contribution in [-0.2, 0) is 11.3 Å². The van der Waals surface area contributed by atoms with Gasteiger partial charge in [-0.15, -0.1) is 11.6 Å². The van der Waals surface area contributed by atoms with Crippen LogP contribution in [0.4, 0.5) is 0 Å². The van der Waals surface area contributed by atoms with Crippen molar-refractivity contribution < 1.29 is 4.79 Å². The van der Waals surface area contributed by atoms with Gasteiger partial charge in [-0.05, 0) is 31.9 Å². The second kappa shape index (κ2) is 7.23. The van der Waals surface area contributed by atoms with Crippen LogP contribution in [0.2, 0.25) is 0 Å². The van der Waals surface area contributed by atoms with Crippen LogP contribution in [0, 0.1) is 6.92 Å². The molecule has 16 heavy (non-hydrogen) atoms. The molecule has 0 unspecified atom stereocenters. The van der Waals surface area contributed by atoms with Gasteiger partial charge >= 0.3 is 0 Å². The fourth-order valence-corrected chi connectivity index (χ4v) is 1.54. The van der Waals surface area contributed by atoms with Crippen molar-refractivity contribution in [3.8, 4) is 0 Å². The van der Waals surface area contributed by atoms with E-state index in [-0.39, 0.29) is 5.91 Å². The summed E-state index contributed by atoms with van der Waals surface area (Å²) in [5.41, 5.74) is 1.86. The molecule has 0 fully saturated rings. The molecule has 1 aromatic heterocycles. The van der Waals surface area contributed by atoms with Crippen LogP contribution in [0.1, 0.15) is 30.7 Å². The molecule has 0 saturated carbocycles. The zero-order chi connectivity index (χ0) is 11.8. The molecular weight excluding hydrogens is 224 g/mol. The lowest BCUT2D eigenvalue weighted by Crippen LogP contribution is -2.22. The van der Waals surface area contributed by atoms with Crippen molar-refractivity contribution in [3.05, 3.63) is 29.6 Å².